The van der Waals surface area contributed by atoms with Crippen molar-refractivity contribution in [1.29, 1.82) is 0 Å². The van der Waals surface area contributed by atoms with E-state index in [1.54, 1.807) is 49.4 Å². The summed E-state index contributed by atoms with van der Waals surface area (Å²) in [5.74, 6) is -1.13. The number of anilines is 1. The number of carbonyl (C=O) groups excluding carboxylic acids is 2. The van der Waals surface area contributed by atoms with Gasteiger partial charge in [-0.15, -0.1) is 0 Å². The minimum absolute atomic E-state index is 0.00158. The van der Waals surface area contributed by atoms with E-state index < -0.39 is 34.3 Å². The summed E-state index contributed by atoms with van der Waals surface area (Å²) in [5, 5.41) is 3.00. The highest BCUT2D eigenvalue weighted by molar-refractivity contribution is 7.92. The first-order valence-electron chi connectivity index (χ1n) is 13.3. The average Bonchev–Trinajstić information content (AvgIpc) is 3.48. The molecule has 10 heteroatoms. The highest BCUT2D eigenvalue weighted by atomic mass is 32.2. The standard InChI is InChI=1S/C30H34FN3O5S/c1-22(30(36)32-24-12-7-8-13-24)33(20-23-11-6-9-18-28(23)31)29(35)21-34(25-14-10-15-26(19-25)39-2)40(37,38)27-16-4-3-5-17-27/h3-6,9-11,14-19,22,24H,7-8,12-13,20-21H2,1-2H3,(H,32,36)/t22-/m1/s1. The fourth-order valence-electron chi connectivity index (χ4n) is 4.80. The van der Waals surface area contributed by atoms with Crippen LogP contribution in [0.4, 0.5) is 10.1 Å². The molecular formula is C30H34FN3O5S. The molecule has 1 aliphatic rings. The van der Waals surface area contributed by atoms with Crippen LogP contribution in [0.2, 0.25) is 0 Å². The van der Waals surface area contributed by atoms with Gasteiger partial charge in [0.15, 0.2) is 0 Å². The summed E-state index contributed by atoms with van der Waals surface area (Å²) in [7, 11) is -2.74. The third-order valence-electron chi connectivity index (χ3n) is 7.12. The van der Waals surface area contributed by atoms with Crippen molar-refractivity contribution in [3.63, 3.8) is 0 Å². The molecule has 4 rings (SSSR count). The molecule has 1 fully saturated rings. The van der Waals surface area contributed by atoms with E-state index in [1.807, 2.05) is 0 Å². The number of carbonyl (C=O) groups is 2. The summed E-state index contributed by atoms with van der Waals surface area (Å²) in [6.07, 6.45) is 3.76. The van der Waals surface area contributed by atoms with Crippen LogP contribution < -0.4 is 14.4 Å². The lowest BCUT2D eigenvalue weighted by Gasteiger charge is -2.32. The van der Waals surface area contributed by atoms with Crippen molar-refractivity contribution in [2.75, 3.05) is 18.0 Å². The molecule has 0 heterocycles. The molecule has 40 heavy (non-hydrogen) atoms. The molecule has 1 aliphatic carbocycles. The smallest absolute Gasteiger partial charge is 0.264 e. The number of methoxy groups -OCH3 is 1. The van der Waals surface area contributed by atoms with E-state index in [1.165, 1.54) is 48.4 Å². The van der Waals surface area contributed by atoms with E-state index in [9.17, 15) is 22.4 Å². The number of hydrogen-bond acceptors (Lipinski definition) is 5. The highest BCUT2D eigenvalue weighted by Gasteiger charge is 2.33. The SMILES string of the molecule is COc1cccc(N(CC(=O)N(Cc2ccccc2F)[C@H](C)C(=O)NC2CCCC2)S(=O)(=O)c2ccccc2)c1. The fraction of sp³-hybridized carbons (Fsp3) is 0.333. The van der Waals surface area contributed by atoms with Crippen molar-refractivity contribution in [3.8, 4) is 5.75 Å². The second-order valence-electron chi connectivity index (χ2n) is 9.81. The summed E-state index contributed by atoms with van der Waals surface area (Å²) < 4.78 is 48.6. The Morgan fingerprint density at radius 1 is 1.00 bits per heavy atom. The molecule has 1 saturated carbocycles. The Kier molecular flexibility index (Phi) is 9.42. The number of nitrogens with zero attached hydrogens (tertiary/aromatic N) is 2. The van der Waals surface area contributed by atoms with Crippen LogP contribution in [-0.2, 0) is 26.2 Å². The lowest BCUT2D eigenvalue weighted by Crippen LogP contribution is -2.52. The zero-order valence-corrected chi connectivity index (χ0v) is 23.4. The number of halogens is 1. The van der Waals surface area contributed by atoms with Crippen LogP contribution in [-0.4, -0.2) is 50.9 Å². The van der Waals surface area contributed by atoms with Crippen molar-refractivity contribution in [2.24, 2.45) is 0 Å². The fourth-order valence-corrected chi connectivity index (χ4v) is 6.23. The Hall–Kier alpha value is -3.92. The van der Waals surface area contributed by atoms with Crippen LogP contribution in [0.5, 0.6) is 5.75 Å². The molecule has 8 nitrogen and oxygen atoms in total. The first-order valence-corrected chi connectivity index (χ1v) is 14.7. The zero-order valence-electron chi connectivity index (χ0n) is 22.6. The molecule has 0 bridgehead atoms. The van der Waals surface area contributed by atoms with Crippen LogP contribution in [0, 0.1) is 5.82 Å². The zero-order chi connectivity index (χ0) is 28.7. The van der Waals surface area contributed by atoms with Crippen molar-refractivity contribution in [2.45, 2.75) is 56.1 Å². The van der Waals surface area contributed by atoms with Gasteiger partial charge in [0.25, 0.3) is 10.0 Å². The second-order valence-corrected chi connectivity index (χ2v) is 11.7. The van der Waals surface area contributed by atoms with Crippen LogP contribution in [0.15, 0.2) is 83.8 Å². The molecule has 0 spiro atoms. The molecule has 3 aromatic rings. The topological polar surface area (TPSA) is 96.0 Å². The maximum absolute atomic E-state index is 14.7. The summed E-state index contributed by atoms with van der Waals surface area (Å²) in [4.78, 5) is 28.4. The molecule has 212 valence electrons. The Bertz CT molecular complexity index is 1430. The number of nitrogens with one attached hydrogen (secondary N) is 1. The maximum atomic E-state index is 14.7. The quantitative estimate of drug-likeness (QED) is 0.368. The minimum Gasteiger partial charge on any atom is -0.497 e. The van der Waals surface area contributed by atoms with Gasteiger partial charge in [0.1, 0.15) is 24.2 Å². The van der Waals surface area contributed by atoms with Gasteiger partial charge >= 0.3 is 0 Å². The predicted molar refractivity (Wildman–Crippen MR) is 151 cm³/mol. The Morgan fingerprint density at radius 2 is 1.68 bits per heavy atom. The van der Waals surface area contributed by atoms with Crippen LogP contribution in [0.3, 0.4) is 0 Å². The number of sulfonamides is 1. The van der Waals surface area contributed by atoms with Gasteiger partial charge in [-0.2, -0.15) is 0 Å². The minimum atomic E-state index is -4.20. The number of amides is 2. The van der Waals surface area contributed by atoms with Gasteiger partial charge in [-0.1, -0.05) is 55.3 Å². The summed E-state index contributed by atoms with van der Waals surface area (Å²) in [5.41, 5.74) is 0.431. The van der Waals surface area contributed by atoms with Gasteiger partial charge in [-0.25, -0.2) is 12.8 Å². The molecule has 1 atom stereocenters. The molecule has 0 radical (unpaired) electrons. The molecule has 2 amide bonds. The number of benzene rings is 3. The molecule has 0 saturated heterocycles. The number of ether oxygens (including phenoxy) is 1. The predicted octanol–water partition coefficient (Wildman–Crippen LogP) is 4.51. The summed E-state index contributed by atoms with van der Waals surface area (Å²) in [6.45, 7) is 0.757. The monoisotopic (exact) mass is 567 g/mol. The van der Waals surface area contributed by atoms with Crippen molar-refractivity contribution in [1.82, 2.24) is 10.2 Å². The van der Waals surface area contributed by atoms with Gasteiger partial charge in [-0.3, -0.25) is 13.9 Å². The molecule has 0 aliphatic heterocycles. The van der Waals surface area contributed by atoms with Gasteiger partial charge in [0.05, 0.1) is 17.7 Å². The van der Waals surface area contributed by atoms with E-state index in [2.05, 4.69) is 5.32 Å². The Morgan fingerprint density at radius 3 is 2.35 bits per heavy atom. The average molecular weight is 568 g/mol. The number of hydrogen-bond donors (Lipinski definition) is 1. The largest absolute Gasteiger partial charge is 0.497 e. The summed E-state index contributed by atoms with van der Waals surface area (Å²) >= 11 is 0. The maximum Gasteiger partial charge on any atom is 0.264 e. The van der Waals surface area contributed by atoms with Crippen molar-refractivity contribution >= 4 is 27.5 Å². The number of rotatable bonds is 11. The second kappa shape index (κ2) is 13.0. The Labute approximate surface area is 234 Å². The van der Waals surface area contributed by atoms with Gasteiger partial charge in [0, 0.05) is 24.2 Å². The highest BCUT2D eigenvalue weighted by Crippen LogP contribution is 2.28. The van der Waals surface area contributed by atoms with Gasteiger partial charge in [0.2, 0.25) is 11.8 Å². The third-order valence-corrected chi connectivity index (χ3v) is 8.91. The molecule has 0 unspecified atom stereocenters. The third kappa shape index (κ3) is 6.80. The van der Waals surface area contributed by atoms with E-state index in [0.29, 0.717) is 5.75 Å². The van der Waals surface area contributed by atoms with Crippen molar-refractivity contribution in [3.05, 3.63) is 90.2 Å². The molecular weight excluding hydrogens is 533 g/mol. The van der Waals surface area contributed by atoms with Crippen LogP contribution in [0.1, 0.15) is 38.2 Å². The molecule has 3 aromatic carbocycles. The van der Waals surface area contributed by atoms with Gasteiger partial charge in [-0.05, 0) is 50.1 Å². The van der Waals surface area contributed by atoms with E-state index in [-0.39, 0.29) is 34.6 Å². The molecule has 1 N–H and O–H groups in total. The lowest BCUT2D eigenvalue weighted by atomic mass is 10.1. The van der Waals surface area contributed by atoms with Crippen LogP contribution in [0.25, 0.3) is 0 Å². The lowest BCUT2D eigenvalue weighted by molar-refractivity contribution is -0.139. The Balaban J connectivity index is 1.70. The van der Waals surface area contributed by atoms with Crippen LogP contribution >= 0.6 is 0 Å². The first kappa shape index (κ1) is 29.1. The molecule has 0 aromatic heterocycles. The van der Waals surface area contributed by atoms with E-state index >= 15 is 0 Å². The first-order chi connectivity index (χ1) is 19.2. The summed E-state index contributed by atoms with van der Waals surface area (Å²) in [6, 6.07) is 19.2. The normalized spacial score (nSPS) is 14.4. The van der Waals surface area contributed by atoms with Gasteiger partial charge < -0.3 is 15.0 Å². The van der Waals surface area contributed by atoms with E-state index in [4.69, 9.17) is 4.74 Å². The van der Waals surface area contributed by atoms with Crippen molar-refractivity contribution < 1.29 is 27.1 Å². The van der Waals surface area contributed by atoms with E-state index in [0.717, 1.165) is 30.0 Å².